The summed E-state index contributed by atoms with van der Waals surface area (Å²) in [6, 6.07) is 5.39. The molecule has 140 valence electrons. The van der Waals surface area contributed by atoms with E-state index in [0.717, 1.165) is 25.7 Å². The van der Waals surface area contributed by atoms with Crippen LogP contribution in [0.1, 0.15) is 38.5 Å². The van der Waals surface area contributed by atoms with Crippen LogP contribution in [-0.4, -0.2) is 48.0 Å². The van der Waals surface area contributed by atoms with Gasteiger partial charge >= 0.3 is 0 Å². The lowest BCUT2D eigenvalue weighted by atomic mass is 10.0. The highest BCUT2D eigenvalue weighted by Crippen LogP contribution is 2.29. The second kappa shape index (κ2) is 7.94. The number of hydrogen-bond donors (Lipinski definition) is 1. The molecular weight excluding hydrogens is 372 g/mol. The molecule has 2 aliphatic rings. The van der Waals surface area contributed by atoms with Crippen molar-refractivity contribution in [1.29, 1.82) is 5.26 Å². The van der Waals surface area contributed by atoms with Gasteiger partial charge in [0, 0.05) is 19.3 Å². The molecule has 2 fully saturated rings. The Morgan fingerprint density at radius 3 is 2.54 bits per heavy atom. The van der Waals surface area contributed by atoms with Gasteiger partial charge in [0.2, 0.25) is 15.9 Å². The van der Waals surface area contributed by atoms with Gasteiger partial charge in [0.15, 0.2) is 0 Å². The van der Waals surface area contributed by atoms with Crippen LogP contribution in [0.4, 0.5) is 0 Å². The van der Waals surface area contributed by atoms with Crippen LogP contribution in [0.2, 0.25) is 0 Å². The summed E-state index contributed by atoms with van der Waals surface area (Å²) in [5.41, 5.74) is -0.723. The van der Waals surface area contributed by atoms with Gasteiger partial charge in [-0.15, -0.1) is 0 Å². The number of amides is 1. The third-order valence-corrected chi connectivity index (χ3v) is 7.64. The molecule has 1 aromatic rings. The zero-order valence-corrected chi connectivity index (χ0v) is 16.1. The molecule has 1 amide bonds. The molecule has 1 N–H and O–H groups in total. The van der Waals surface area contributed by atoms with Crippen LogP contribution in [0.3, 0.4) is 0 Å². The van der Waals surface area contributed by atoms with Crippen LogP contribution < -0.4 is 5.32 Å². The van der Waals surface area contributed by atoms with Crippen molar-refractivity contribution in [2.24, 2.45) is 0 Å². The molecule has 26 heavy (non-hydrogen) atoms. The van der Waals surface area contributed by atoms with Crippen molar-refractivity contribution in [1.82, 2.24) is 14.6 Å². The highest BCUT2D eigenvalue weighted by Gasteiger charge is 2.35. The molecule has 0 radical (unpaired) electrons. The van der Waals surface area contributed by atoms with Gasteiger partial charge in [-0.3, -0.25) is 4.79 Å². The standard InChI is InChI=1S/C17H22N4O3S2/c18-13-17(7-1-2-8-17)20-15(22)12-25-16-6-5-14(11-19-16)26(23,24)21-9-3-4-10-21/h5-6,11H,1-4,7-10,12H2,(H,20,22). The van der Waals surface area contributed by atoms with Crippen molar-refractivity contribution >= 4 is 27.7 Å². The van der Waals surface area contributed by atoms with E-state index < -0.39 is 15.6 Å². The summed E-state index contributed by atoms with van der Waals surface area (Å²) in [4.78, 5) is 16.5. The summed E-state index contributed by atoms with van der Waals surface area (Å²) in [6.45, 7) is 1.11. The van der Waals surface area contributed by atoms with E-state index in [9.17, 15) is 18.5 Å². The molecule has 9 heteroatoms. The summed E-state index contributed by atoms with van der Waals surface area (Å²) in [6.07, 6.45) is 6.43. The normalized spacial score (nSPS) is 20.0. The molecule has 0 unspecified atom stereocenters. The van der Waals surface area contributed by atoms with Crippen LogP contribution >= 0.6 is 11.8 Å². The number of hydrogen-bond acceptors (Lipinski definition) is 6. The first-order valence-electron chi connectivity index (χ1n) is 8.76. The lowest BCUT2D eigenvalue weighted by Gasteiger charge is -2.21. The van der Waals surface area contributed by atoms with Crippen LogP contribution in [0.15, 0.2) is 28.3 Å². The van der Waals surface area contributed by atoms with E-state index in [1.807, 2.05) is 0 Å². The minimum Gasteiger partial charge on any atom is -0.337 e. The van der Waals surface area contributed by atoms with E-state index in [0.29, 0.717) is 31.0 Å². The van der Waals surface area contributed by atoms with Crippen molar-refractivity contribution in [3.8, 4) is 6.07 Å². The zero-order chi connectivity index (χ0) is 18.6. The van der Waals surface area contributed by atoms with Gasteiger partial charge in [0.1, 0.15) is 10.4 Å². The molecule has 2 heterocycles. The number of thioether (sulfide) groups is 1. The number of nitrogens with zero attached hydrogens (tertiary/aromatic N) is 3. The van der Waals surface area contributed by atoms with Crippen molar-refractivity contribution in [3.63, 3.8) is 0 Å². The van der Waals surface area contributed by atoms with E-state index in [2.05, 4.69) is 16.4 Å². The minimum absolute atomic E-state index is 0.147. The first kappa shape index (κ1) is 19.1. The van der Waals surface area contributed by atoms with Gasteiger partial charge in [-0.1, -0.05) is 11.8 Å². The average molecular weight is 395 g/mol. The molecule has 7 nitrogen and oxygen atoms in total. The molecule has 0 spiro atoms. The third-order valence-electron chi connectivity index (χ3n) is 4.81. The van der Waals surface area contributed by atoms with Crippen LogP contribution in [0.5, 0.6) is 0 Å². The molecule has 0 aromatic carbocycles. The van der Waals surface area contributed by atoms with Crippen molar-refractivity contribution in [2.45, 2.75) is 54.0 Å². The average Bonchev–Trinajstić information content (AvgIpc) is 3.33. The number of aromatic nitrogens is 1. The zero-order valence-electron chi connectivity index (χ0n) is 14.5. The molecule has 1 saturated heterocycles. The molecule has 0 bridgehead atoms. The van der Waals surface area contributed by atoms with Gasteiger partial charge in [0.25, 0.3) is 0 Å². The molecule has 0 atom stereocenters. The fraction of sp³-hybridized carbons (Fsp3) is 0.588. The molecular formula is C17H22N4O3S2. The SMILES string of the molecule is N#CC1(NC(=O)CSc2ccc(S(=O)(=O)N3CCCC3)cn2)CCCC1. The Bertz CT molecular complexity index is 790. The predicted molar refractivity (Wildman–Crippen MR) is 97.9 cm³/mol. The number of rotatable bonds is 6. The Morgan fingerprint density at radius 2 is 1.96 bits per heavy atom. The van der Waals surface area contributed by atoms with Crippen molar-refractivity contribution in [2.75, 3.05) is 18.8 Å². The number of nitriles is 1. The smallest absolute Gasteiger partial charge is 0.244 e. The quantitative estimate of drug-likeness (QED) is 0.739. The lowest BCUT2D eigenvalue weighted by Crippen LogP contribution is -2.45. The van der Waals surface area contributed by atoms with Crippen LogP contribution in [-0.2, 0) is 14.8 Å². The highest BCUT2D eigenvalue weighted by molar-refractivity contribution is 7.99. The number of nitrogens with one attached hydrogen (secondary N) is 1. The van der Waals surface area contributed by atoms with Gasteiger partial charge < -0.3 is 5.32 Å². The maximum atomic E-state index is 12.5. The summed E-state index contributed by atoms with van der Waals surface area (Å²) >= 11 is 1.23. The molecule has 1 aromatic heterocycles. The largest absolute Gasteiger partial charge is 0.337 e. The third kappa shape index (κ3) is 4.19. The Hall–Kier alpha value is -1.63. The first-order valence-corrected chi connectivity index (χ1v) is 11.2. The van der Waals surface area contributed by atoms with E-state index in [4.69, 9.17) is 0 Å². The Morgan fingerprint density at radius 1 is 1.27 bits per heavy atom. The number of carbonyl (C=O) groups is 1. The monoisotopic (exact) mass is 394 g/mol. The lowest BCUT2D eigenvalue weighted by molar-refractivity contribution is -0.119. The Labute approximate surface area is 158 Å². The fourth-order valence-corrected chi connectivity index (χ4v) is 5.47. The molecule has 1 aliphatic carbocycles. The second-order valence-electron chi connectivity index (χ2n) is 6.68. The van der Waals surface area contributed by atoms with Gasteiger partial charge in [-0.2, -0.15) is 9.57 Å². The topological polar surface area (TPSA) is 103 Å². The maximum Gasteiger partial charge on any atom is 0.244 e. The van der Waals surface area contributed by atoms with Crippen LogP contribution in [0, 0.1) is 11.3 Å². The summed E-state index contributed by atoms with van der Waals surface area (Å²) in [5.74, 6) is -0.0525. The van der Waals surface area contributed by atoms with Gasteiger partial charge in [0.05, 0.1) is 16.8 Å². The van der Waals surface area contributed by atoms with Gasteiger partial charge in [-0.25, -0.2) is 13.4 Å². The number of sulfonamides is 1. The van der Waals surface area contributed by atoms with E-state index in [1.165, 1.54) is 28.3 Å². The minimum atomic E-state index is -3.47. The van der Waals surface area contributed by atoms with Gasteiger partial charge in [-0.05, 0) is 50.7 Å². The Kier molecular flexibility index (Phi) is 5.85. The van der Waals surface area contributed by atoms with E-state index >= 15 is 0 Å². The summed E-state index contributed by atoms with van der Waals surface area (Å²) < 4.78 is 26.4. The maximum absolute atomic E-state index is 12.5. The van der Waals surface area contributed by atoms with Crippen LogP contribution in [0.25, 0.3) is 0 Å². The number of carbonyl (C=O) groups excluding carboxylic acids is 1. The first-order chi connectivity index (χ1) is 12.5. The molecule has 3 rings (SSSR count). The highest BCUT2D eigenvalue weighted by atomic mass is 32.2. The van der Waals surface area contributed by atoms with E-state index in [-0.39, 0.29) is 16.6 Å². The molecule has 1 saturated carbocycles. The van der Waals surface area contributed by atoms with Crippen molar-refractivity contribution < 1.29 is 13.2 Å². The predicted octanol–water partition coefficient (Wildman–Crippen LogP) is 1.91. The van der Waals surface area contributed by atoms with Crippen molar-refractivity contribution in [3.05, 3.63) is 18.3 Å². The molecule has 1 aliphatic heterocycles. The van der Waals surface area contributed by atoms with E-state index in [1.54, 1.807) is 6.07 Å². The Balaban J connectivity index is 1.56. The summed E-state index contributed by atoms with van der Waals surface area (Å²) in [7, 11) is -3.47. The summed E-state index contributed by atoms with van der Waals surface area (Å²) in [5, 5.41) is 12.7. The second-order valence-corrected chi connectivity index (χ2v) is 9.61. The fourth-order valence-electron chi connectivity index (χ4n) is 3.37. The number of pyridine rings is 1.